The number of hydrogen-bond donors (Lipinski definition) is 1. The molecule has 0 aliphatic rings. The molecule has 24 heavy (non-hydrogen) atoms. The third kappa shape index (κ3) is 4.83. The van der Waals surface area contributed by atoms with Crippen LogP contribution in [0.5, 0.6) is 5.75 Å². The van der Waals surface area contributed by atoms with Crippen molar-refractivity contribution in [1.82, 2.24) is 5.43 Å². The summed E-state index contributed by atoms with van der Waals surface area (Å²) >= 11 is 3.36. The van der Waals surface area contributed by atoms with E-state index < -0.39 is 0 Å². The molecule has 2 aromatic rings. The van der Waals surface area contributed by atoms with E-state index in [1.54, 1.807) is 18.3 Å². The molecule has 2 aromatic carbocycles. The molecule has 5 nitrogen and oxygen atoms in total. The fraction of sp³-hybridized carbons (Fsp3) is 0.222. The summed E-state index contributed by atoms with van der Waals surface area (Å²) in [6.07, 6.45) is 1.61. The number of nitrogens with zero attached hydrogens (tertiary/aromatic N) is 2. The highest BCUT2D eigenvalue weighted by atomic mass is 79.9. The first-order valence-corrected chi connectivity index (χ1v) is 8.33. The van der Waals surface area contributed by atoms with E-state index in [2.05, 4.69) is 26.5 Å². The SMILES string of the molecule is CCOc1ccc(Br)cc1C(=O)N/N=C\c1ccc(N(C)C)cc1. The smallest absolute Gasteiger partial charge is 0.275 e. The van der Waals surface area contributed by atoms with Gasteiger partial charge in [-0.3, -0.25) is 4.79 Å². The Morgan fingerprint density at radius 2 is 1.96 bits per heavy atom. The first kappa shape index (κ1) is 18.0. The Balaban J connectivity index is 2.06. The van der Waals surface area contributed by atoms with Gasteiger partial charge in [-0.25, -0.2) is 5.43 Å². The van der Waals surface area contributed by atoms with Crippen molar-refractivity contribution >= 4 is 33.7 Å². The van der Waals surface area contributed by atoms with E-state index in [4.69, 9.17) is 4.74 Å². The maximum absolute atomic E-state index is 12.3. The molecule has 0 saturated carbocycles. The number of carbonyl (C=O) groups is 1. The second-order valence-electron chi connectivity index (χ2n) is 5.26. The van der Waals surface area contributed by atoms with Gasteiger partial charge < -0.3 is 9.64 Å². The van der Waals surface area contributed by atoms with Crippen molar-refractivity contribution in [2.45, 2.75) is 6.92 Å². The minimum Gasteiger partial charge on any atom is -0.493 e. The highest BCUT2D eigenvalue weighted by molar-refractivity contribution is 9.10. The number of anilines is 1. The van der Waals surface area contributed by atoms with Crippen LogP contribution in [-0.2, 0) is 0 Å². The average Bonchev–Trinajstić information content (AvgIpc) is 2.57. The highest BCUT2D eigenvalue weighted by Crippen LogP contribution is 2.23. The quantitative estimate of drug-likeness (QED) is 0.605. The minimum absolute atomic E-state index is 0.319. The maximum Gasteiger partial charge on any atom is 0.275 e. The van der Waals surface area contributed by atoms with Gasteiger partial charge in [0.2, 0.25) is 0 Å². The Morgan fingerprint density at radius 1 is 1.25 bits per heavy atom. The number of halogens is 1. The van der Waals surface area contributed by atoms with Crippen molar-refractivity contribution < 1.29 is 9.53 Å². The van der Waals surface area contributed by atoms with Gasteiger partial charge in [0.25, 0.3) is 5.91 Å². The van der Waals surface area contributed by atoms with Gasteiger partial charge in [-0.1, -0.05) is 28.1 Å². The second kappa shape index (κ2) is 8.49. The van der Waals surface area contributed by atoms with Crippen LogP contribution in [0.2, 0.25) is 0 Å². The Morgan fingerprint density at radius 3 is 2.58 bits per heavy atom. The Kier molecular flexibility index (Phi) is 6.37. The van der Waals surface area contributed by atoms with Gasteiger partial charge in [-0.05, 0) is 42.8 Å². The van der Waals surface area contributed by atoms with E-state index in [1.165, 1.54) is 0 Å². The van der Waals surface area contributed by atoms with E-state index in [9.17, 15) is 4.79 Å². The molecule has 0 saturated heterocycles. The summed E-state index contributed by atoms with van der Waals surface area (Å²) in [5, 5.41) is 4.01. The predicted molar refractivity (Wildman–Crippen MR) is 101 cm³/mol. The number of carbonyl (C=O) groups excluding carboxylic acids is 1. The Hall–Kier alpha value is -2.34. The van der Waals surface area contributed by atoms with E-state index in [0.717, 1.165) is 15.7 Å². The summed E-state index contributed by atoms with van der Waals surface area (Å²) < 4.78 is 6.28. The molecule has 6 heteroatoms. The number of benzene rings is 2. The third-order valence-electron chi connectivity index (χ3n) is 3.28. The molecule has 0 bridgehead atoms. The van der Waals surface area contributed by atoms with E-state index >= 15 is 0 Å². The Bertz CT molecular complexity index is 728. The van der Waals surface area contributed by atoms with Crippen LogP contribution in [0.25, 0.3) is 0 Å². The average molecular weight is 390 g/mol. The van der Waals surface area contributed by atoms with Crippen LogP contribution in [0.4, 0.5) is 5.69 Å². The van der Waals surface area contributed by atoms with Crippen molar-refractivity contribution in [3.05, 3.63) is 58.1 Å². The van der Waals surface area contributed by atoms with Gasteiger partial charge in [0.05, 0.1) is 18.4 Å². The molecule has 0 unspecified atom stereocenters. The molecule has 126 valence electrons. The molecule has 2 rings (SSSR count). The molecule has 1 amide bonds. The van der Waals surface area contributed by atoms with Crippen LogP contribution < -0.4 is 15.1 Å². The molecule has 0 aliphatic heterocycles. The fourth-order valence-corrected chi connectivity index (χ4v) is 2.41. The van der Waals surface area contributed by atoms with Gasteiger partial charge in [0, 0.05) is 24.3 Å². The predicted octanol–water partition coefficient (Wildman–Crippen LogP) is 3.68. The first-order chi connectivity index (χ1) is 11.5. The van der Waals surface area contributed by atoms with Crippen LogP contribution in [-0.4, -0.2) is 32.8 Å². The van der Waals surface area contributed by atoms with Crippen molar-refractivity contribution in [2.24, 2.45) is 5.10 Å². The lowest BCUT2D eigenvalue weighted by Crippen LogP contribution is -2.18. The second-order valence-corrected chi connectivity index (χ2v) is 6.17. The molecule has 0 spiro atoms. The lowest BCUT2D eigenvalue weighted by molar-refractivity contribution is 0.0951. The molecule has 0 atom stereocenters. The molecular formula is C18H20BrN3O2. The first-order valence-electron chi connectivity index (χ1n) is 7.54. The monoisotopic (exact) mass is 389 g/mol. The molecule has 0 aliphatic carbocycles. The van der Waals surface area contributed by atoms with Crippen molar-refractivity contribution in [1.29, 1.82) is 0 Å². The van der Waals surface area contributed by atoms with Gasteiger partial charge in [0.15, 0.2) is 0 Å². The summed E-state index contributed by atoms with van der Waals surface area (Å²) in [6.45, 7) is 2.36. The highest BCUT2D eigenvalue weighted by Gasteiger charge is 2.12. The summed E-state index contributed by atoms with van der Waals surface area (Å²) in [5.74, 6) is 0.213. The van der Waals surface area contributed by atoms with Gasteiger partial charge in [-0.15, -0.1) is 0 Å². The van der Waals surface area contributed by atoms with Crippen molar-refractivity contribution in [3.63, 3.8) is 0 Å². The number of ether oxygens (including phenoxy) is 1. The van der Waals surface area contributed by atoms with Gasteiger partial charge >= 0.3 is 0 Å². The number of hydrazone groups is 1. The zero-order valence-electron chi connectivity index (χ0n) is 13.9. The largest absolute Gasteiger partial charge is 0.493 e. The standard InChI is InChI=1S/C18H20BrN3O2/c1-4-24-17-10-7-14(19)11-16(17)18(23)21-20-12-13-5-8-15(9-6-13)22(2)3/h5-12H,4H2,1-3H3,(H,21,23)/b20-12-. The van der Waals surface area contributed by atoms with Crippen LogP contribution in [0.1, 0.15) is 22.8 Å². The maximum atomic E-state index is 12.3. The zero-order valence-corrected chi connectivity index (χ0v) is 15.5. The molecular weight excluding hydrogens is 370 g/mol. The van der Waals surface area contributed by atoms with Crippen molar-refractivity contribution in [2.75, 3.05) is 25.6 Å². The number of nitrogens with one attached hydrogen (secondary N) is 1. The van der Waals surface area contributed by atoms with Crippen LogP contribution in [0.15, 0.2) is 52.0 Å². The summed E-state index contributed by atoms with van der Waals surface area (Å²) in [4.78, 5) is 14.3. The van der Waals surface area contributed by atoms with Crippen LogP contribution >= 0.6 is 15.9 Å². The Labute approximate surface area is 150 Å². The number of amides is 1. The molecule has 0 fully saturated rings. The molecule has 0 heterocycles. The topological polar surface area (TPSA) is 53.9 Å². The number of rotatable bonds is 6. The van der Waals surface area contributed by atoms with Crippen LogP contribution in [0, 0.1) is 0 Å². The third-order valence-corrected chi connectivity index (χ3v) is 3.77. The summed E-state index contributed by atoms with van der Waals surface area (Å²) in [6, 6.07) is 13.2. The van der Waals surface area contributed by atoms with E-state index in [-0.39, 0.29) is 5.91 Å². The summed E-state index contributed by atoms with van der Waals surface area (Å²) in [5.41, 5.74) is 4.97. The van der Waals surface area contributed by atoms with E-state index in [0.29, 0.717) is 17.9 Å². The fourth-order valence-electron chi connectivity index (χ4n) is 2.05. The molecule has 1 N–H and O–H groups in total. The van der Waals surface area contributed by atoms with Crippen molar-refractivity contribution in [3.8, 4) is 5.75 Å². The number of hydrogen-bond acceptors (Lipinski definition) is 4. The van der Waals surface area contributed by atoms with Gasteiger partial charge in [-0.2, -0.15) is 5.10 Å². The minimum atomic E-state index is -0.319. The van der Waals surface area contributed by atoms with Crippen LogP contribution in [0.3, 0.4) is 0 Å². The molecule has 0 aromatic heterocycles. The lowest BCUT2D eigenvalue weighted by atomic mass is 10.2. The normalized spacial score (nSPS) is 10.7. The molecule has 0 radical (unpaired) electrons. The van der Waals surface area contributed by atoms with E-state index in [1.807, 2.05) is 56.3 Å². The summed E-state index contributed by atoms with van der Waals surface area (Å²) in [7, 11) is 3.97. The zero-order chi connectivity index (χ0) is 17.5. The lowest BCUT2D eigenvalue weighted by Gasteiger charge is -2.11. The van der Waals surface area contributed by atoms with Gasteiger partial charge in [0.1, 0.15) is 5.75 Å².